The number of nitrogens with one attached hydrogen (secondary N) is 3. The molecule has 1 rings (SSSR count). The van der Waals surface area contributed by atoms with Gasteiger partial charge < -0.3 is 42.1 Å². The van der Waals surface area contributed by atoms with E-state index >= 15 is 0 Å². The summed E-state index contributed by atoms with van der Waals surface area (Å²) in [6.07, 6.45) is -1.79. The maximum absolute atomic E-state index is 13.0. The number of aliphatic hydroxyl groups is 1. The summed E-state index contributed by atoms with van der Waals surface area (Å²) >= 11 is 0. The fourth-order valence-corrected chi connectivity index (χ4v) is 3.16. The fraction of sp³-hybridized carbons (Fsp3) is 0.522. The first-order chi connectivity index (χ1) is 16.8. The summed E-state index contributed by atoms with van der Waals surface area (Å²) in [5.74, 6) is -6.05. The lowest BCUT2D eigenvalue weighted by Crippen LogP contribution is -2.60. The number of aromatic hydroxyl groups is 1. The number of hydrogen-bond acceptors (Lipinski definition) is 8. The van der Waals surface area contributed by atoms with Gasteiger partial charge in [-0.25, -0.2) is 4.79 Å². The van der Waals surface area contributed by atoms with Gasteiger partial charge in [0.2, 0.25) is 17.7 Å². The number of rotatable bonds is 14. The Morgan fingerprint density at radius 2 is 1.44 bits per heavy atom. The molecule has 13 heteroatoms. The van der Waals surface area contributed by atoms with Gasteiger partial charge in [0, 0.05) is 6.42 Å². The number of aliphatic hydroxyl groups excluding tert-OH is 1. The molecule has 9 N–H and O–H groups in total. The Morgan fingerprint density at radius 3 is 1.92 bits per heavy atom. The Morgan fingerprint density at radius 1 is 0.889 bits per heavy atom. The van der Waals surface area contributed by atoms with Crippen LogP contribution in [0.25, 0.3) is 0 Å². The summed E-state index contributed by atoms with van der Waals surface area (Å²) in [5, 5.41) is 44.6. The third kappa shape index (κ3) is 9.50. The molecule has 36 heavy (non-hydrogen) atoms. The highest BCUT2D eigenvalue weighted by Gasteiger charge is 2.34. The molecule has 0 heterocycles. The lowest BCUT2D eigenvalue weighted by Gasteiger charge is -2.28. The highest BCUT2D eigenvalue weighted by Crippen LogP contribution is 2.12. The highest BCUT2D eigenvalue weighted by molar-refractivity contribution is 5.95. The first-order valence-corrected chi connectivity index (χ1v) is 11.3. The molecule has 1 aromatic carbocycles. The zero-order valence-corrected chi connectivity index (χ0v) is 20.3. The van der Waals surface area contributed by atoms with Crippen LogP contribution in [0.3, 0.4) is 0 Å². The quantitative estimate of drug-likeness (QED) is 0.147. The summed E-state index contributed by atoms with van der Waals surface area (Å²) in [6, 6.07) is -0.0133. The van der Waals surface area contributed by atoms with Crippen LogP contribution in [-0.2, 0) is 30.4 Å². The lowest BCUT2D eigenvalue weighted by atomic mass is 9.97. The monoisotopic (exact) mass is 510 g/mol. The molecular formula is C23H34N4O9. The Kier molecular flexibility index (Phi) is 11.8. The number of benzene rings is 1. The maximum Gasteiger partial charge on any atom is 0.326 e. The number of amides is 3. The molecule has 6 unspecified atom stereocenters. The van der Waals surface area contributed by atoms with E-state index < -0.39 is 72.3 Å². The van der Waals surface area contributed by atoms with Crippen molar-refractivity contribution < 1.29 is 44.4 Å². The number of carboxylic acids is 2. The van der Waals surface area contributed by atoms with Crippen molar-refractivity contribution in [1.29, 1.82) is 0 Å². The third-order valence-electron chi connectivity index (χ3n) is 5.62. The molecule has 0 bridgehead atoms. The van der Waals surface area contributed by atoms with Crippen LogP contribution < -0.4 is 21.7 Å². The molecule has 6 atom stereocenters. The molecular weight excluding hydrogens is 476 g/mol. The second kappa shape index (κ2) is 14.0. The number of phenolic OH excluding ortho intramolecular Hbond substituents is 1. The smallest absolute Gasteiger partial charge is 0.326 e. The van der Waals surface area contributed by atoms with Crippen molar-refractivity contribution in [3.05, 3.63) is 29.8 Å². The summed E-state index contributed by atoms with van der Waals surface area (Å²) < 4.78 is 0. The lowest BCUT2D eigenvalue weighted by molar-refractivity contribution is -0.143. The van der Waals surface area contributed by atoms with Crippen molar-refractivity contribution in [2.24, 2.45) is 11.7 Å². The predicted octanol–water partition coefficient (Wildman–Crippen LogP) is -1.30. The van der Waals surface area contributed by atoms with Gasteiger partial charge in [-0.1, -0.05) is 32.4 Å². The number of carbonyl (C=O) groups excluding carboxylic acids is 3. The topological polar surface area (TPSA) is 228 Å². The van der Waals surface area contributed by atoms with Crippen molar-refractivity contribution >= 4 is 29.7 Å². The predicted molar refractivity (Wildman–Crippen MR) is 127 cm³/mol. The molecule has 0 saturated carbocycles. The van der Waals surface area contributed by atoms with E-state index in [0.29, 0.717) is 12.0 Å². The van der Waals surface area contributed by atoms with E-state index in [1.54, 1.807) is 13.8 Å². The number of hydrogen-bond donors (Lipinski definition) is 8. The van der Waals surface area contributed by atoms with E-state index in [0.717, 1.165) is 0 Å². The van der Waals surface area contributed by atoms with Crippen molar-refractivity contribution in [2.45, 2.75) is 70.3 Å². The van der Waals surface area contributed by atoms with E-state index in [-0.39, 0.29) is 12.2 Å². The van der Waals surface area contributed by atoms with Crippen molar-refractivity contribution in [3.63, 3.8) is 0 Å². The van der Waals surface area contributed by atoms with Gasteiger partial charge in [-0.2, -0.15) is 0 Å². The Labute approximate surface area is 208 Å². The molecule has 0 fully saturated rings. The molecule has 0 saturated heterocycles. The average Bonchev–Trinajstić information content (AvgIpc) is 2.81. The van der Waals surface area contributed by atoms with Crippen molar-refractivity contribution in [2.75, 3.05) is 0 Å². The van der Waals surface area contributed by atoms with E-state index in [1.807, 2.05) is 0 Å². The van der Waals surface area contributed by atoms with Gasteiger partial charge >= 0.3 is 11.9 Å². The van der Waals surface area contributed by atoms with Crippen LogP contribution in [0.15, 0.2) is 24.3 Å². The van der Waals surface area contributed by atoms with E-state index in [2.05, 4.69) is 16.0 Å². The number of carboxylic acid groups (broad SMARTS) is 2. The second-order valence-electron chi connectivity index (χ2n) is 8.57. The van der Waals surface area contributed by atoms with Crippen LogP contribution in [0.4, 0.5) is 0 Å². The fourth-order valence-electron chi connectivity index (χ4n) is 3.16. The van der Waals surface area contributed by atoms with Crippen LogP contribution in [0.5, 0.6) is 5.75 Å². The molecule has 3 amide bonds. The van der Waals surface area contributed by atoms with E-state index in [4.69, 9.17) is 5.73 Å². The van der Waals surface area contributed by atoms with Gasteiger partial charge in [0.1, 0.15) is 29.9 Å². The molecule has 0 aromatic heterocycles. The molecule has 13 nitrogen and oxygen atoms in total. The molecule has 1 aromatic rings. The Hall–Kier alpha value is -3.71. The van der Waals surface area contributed by atoms with E-state index in [1.165, 1.54) is 31.2 Å². The largest absolute Gasteiger partial charge is 0.508 e. The number of phenols is 1. The Balaban J connectivity index is 3.06. The van der Waals surface area contributed by atoms with Crippen LogP contribution in [0.2, 0.25) is 0 Å². The van der Waals surface area contributed by atoms with Crippen molar-refractivity contribution in [1.82, 2.24) is 16.0 Å². The third-order valence-corrected chi connectivity index (χ3v) is 5.62. The van der Waals surface area contributed by atoms with Crippen LogP contribution in [0, 0.1) is 5.92 Å². The van der Waals surface area contributed by atoms with Crippen LogP contribution >= 0.6 is 0 Å². The molecule has 0 aliphatic rings. The first-order valence-electron chi connectivity index (χ1n) is 11.3. The van der Waals surface area contributed by atoms with Crippen molar-refractivity contribution in [3.8, 4) is 5.75 Å². The minimum absolute atomic E-state index is 0.0312. The average molecular weight is 511 g/mol. The number of carbonyl (C=O) groups is 5. The normalized spacial score (nSPS) is 15.9. The summed E-state index contributed by atoms with van der Waals surface area (Å²) in [6.45, 7) is 4.68. The molecule has 0 spiro atoms. The minimum atomic E-state index is -1.65. The first kappa shape index (κ1) is 30.3. The summed E-state index contributed by atoms with van der Waals surface area (Å²) in [4.78, 5) is 61.1. The zero-order valence-electron chi connectivity index (χ0n) is 20.3. The van der Waals surface area contributed by atoms with Crippen LogP contribution in [-0.4, -0.2) is 80.4 Å². The minimum Gasteiger partial charge on any atom is -0.508 e. The van der Waals surface area contributed by atoms with Gasteiger partial charge in [-0.3, -0.25) is 19.2 Å². The summed E-state index contributed by atoms with van der Waals surface area (Å²) in [5.41, 5.74) is 6.09. The second-order valence-corrected chi connectivity index (χ2v) is 8.57. The summed E-state index contributed by atoms with van der Waals surface area (Å²) in [7, 11) is 0. The van der Waals surface area contributed by atoms with Gasteiger partial charge in [0.25, 0.3) is 0 Å². The van der Waals surface area contributed by atoms with Gasteiger partial charge in [-0.15, -0.1) is 0 Å². The van der Waals surface area contributed by atoms with E-state index in [9.17, 15) is 44.4 Å². The zero-order chi connectivity index (χ0) is 27.6. The molecule has 0 radical (unpaired) electrons. The van der Waals surface area contributed by atoms with Gasteiger partial charge in [0.05, 0.1) is 12.5 Å². The molecule has 0 aliphatic heterocycles. The SMILES string of the molecule is CCC(C)C(NC(=O)C(N)C(C)O)C(=O)NC(CC(=O)O)C(=O)NC(Cc1ccc(O)cc1)C(=O)O. The van der Waals surface area contributed by atoms with Gasteiger partial charge in [-0.05, 0) is 30.5 Å². The van der Waals surface area contributed by atoms with Gasteiger partial charge in [0.15, 0.2) is 0 Å². The Bertz CT molecular complexity index is 936. The molecule has 0 aliphatic carbocycles. The standard InChI is InChI=1S/C23H34N4O9/c1-4-11(2)19(27-21(33)18(24)12(3)28)22(34)25-15(10-17(30)31)20(32)26-16(23(35)36)9-13-5-7-14(29)8-6-13/h5-8,11-12,15-16,18-19,28-29H,4,9-10,24H2,1-3H3,(H,25,34)(H,26,32)(H,27,33)(H,30,31)(H,35,36). The number of nitrogens with two attached hydrogens (primary N) is 1. The highest BCUT2D eigenvalue weighted by atomic mass is 16.4. The number of aliphatic carboxylic acids is 2. The van der Waals surface area contributed by atoms with Crippen LogP contribution in [0.1, 0.15) is 39.2 Å². The maximum atomic E-state index is 13.0. The molecule has 200 valence electrons.